The van der Waals surface area contributed by atoms with E-state index in [2.05, 4.69) is 15.5 Å². The van der Waals surface area contributed by atoms with Crippen LogP contribution in [-0.2, 0) is 11.2 Å². The number of amides is 1. The van der Waals surface area contributed by atoms with Gasteiger partial charge < -0.3 is 4.90 Å². The van der Waals surface area contributed by atoms with Crippen LogP contribution in [0.4, 0.5) is 4.39 Å². The summed E-state index contributed by atoms with van der Waals surface area (Å²) in [7, 11) is 1.89. The number of aromatic nitrogens is 2. The Bertz CT molecular complexity index is 719. The Kier molecular flexibility index (Phi) is 8.60. The zero-order valence-corrected chi connectivity index (χ0v) is 17.0. The number of thioether (sulfide) groups is 1. The van der Waals surface area contributed by atoms with Crippen molar-refractivity contribution >= 4 is 30.1 Å². The summed E-state index contributed by atoms with van der Waals surface area (Å²) in [4.78, 5) is 14.0. The molecule has 8 heteroatoms. The molecule has 148 valence electrons. The molecule has 1 atom stereocenters. The van der Waals surface area contributed by atoms with E-state index in [9.17, 15) is 9.18 Å². The van der Waals surface area contributed by atoms with E-state index >= 15 is 0 Å². The number of halogens is 2. The van der Waals surface area contributed by atoms with Crippen molar-refractivity contribution < 1.29 is 9.18 Å². The van der Waals surface area contributed by atoms with Gasteiger partial charge in [0.15, 0.2) is 0 Å². The lowest BCUT2D eigenvalue weighted by molar-refractivity contribution is -0.131. The lowest BCUT2D eigenvalue weighted by atomic mass is 10.1. The van der Waals surface area contributed by atoms with Crippen LogP contribution in [0.3, 0.4) is 0 Å². The minimum Gasteiger partial charge on any atom is -0.344 e. The molecule has 1 aliphatic rings. The van der Waals surface area contributed by atoms with Crippen molar-refractivity contribution in [1.82, 2.24) is 20.4 Å². The van der Waals surface area contributed by atoms with Gasteiger partial charge in [-0.15, -0.1) is 24.2 Å². The monoisotopic (exact) mass is 412 g/mol. The third-order valence-corrected chi connectivity index (χ3v) is 5.54. The number of hydrogen-bond acceptors (Lipinski definition) is 4. The van der Waals surface area contributed by atoms with Gasteiger partial charge in [0.25, 0.3) is 0 Å². The van der Waals surface area contributed by atoms with Crippen molar-refractivity contribution in [2.45, 2.75) is 31.7 Å². The van der Waals surface area contributed by atoms with Crippen LogP contribution in [0.2, 0.25) is 0 Å². The first-order valence-corrected chi connectivity index (χ1v) is 10.2. The second-order valence-electron chi connectivity index (χ2n) is 6.63. The van der Waals surface area contributed by atoms with Crippen LogP contribution in [0.1, 0.15) is 25.0 Å². The van der Waals surface area contributed by atoms with Crippen molar-refractivity contribution in [3.8, 4) is 11.3 Å². The van der Waals surface area contributed by atoms with Gasteiger partial charge in [-0.25, -0.2) is 4.39 Å². The highest BCUT2D eigenvalue weighted by Gasteiger charge is 2.24. The number of carbonyl (C=O) groups excluding carboxylic acids is 1. The summed E-state index contributed by atoms with van der Waals surface area (Å²) in [5.41, 5.74) is 2.83. The Morgan fingerprint density at radius 2 is 2.07 bits per heavy atom. The van der Waals surface area contributed by atoms with Gasteiger partial charge in [-0.1, -0.05) is 6.42 Å². The van der Waals surface area contributed by atoms with Crippen LogP contribution in [-0.4, -0.2) is 52.3 Å². The van der Waals surface area contributed by atoms with Gasteiger partial charge in [0.05, 0.1) is 11.7 Å². The molecule has 1 aromatic heterocycles. The molecule has 1 fully saturated rings. The number of likely N-dealkylation sites (N-methyl/N-ethyl adjacent to an activating group) is 1. The highest BCUT2D eigenvalue weighted by Crippen LogP contribution is 2.19. The fourth-order valence-corrected chi connectivity index (χ4v) is 3.96. The molecule has 2 N–H and O–H groups in total. The number of unbranched alkanes of at least 4 members (excludes halogenated alkanes) is 2. The quantitative estimate of drug-likeness (QED) is 0.652. The average Bonchev–Trinajstić information content (AvgIpc) is 3.33. The van der Waals surface area contributed by atoms with E-state index in [0.29, 0.717) is 0 Å². The summed E-state index contributed by atoms with van der Waals surface area (Å²) in [6, 6.07) is 8.37. The summed E-state index contributed by atoms with van der Waals surface area (Å²) in [6.07, 6.45) is 4.04. The molecule has 2 heterocycles. The van der Waals surface area contributed by atoms with Gasteiger partial charge in [0.2, 0.25) is 5.91 Å². The zero-order chi connectivity index (χ0) is 18.4. The molecular weight excluding hydrogens is 387 g/mol. The number of aromatic amines is 1. The third-order valence-electron chi connectivity index (χ3n) is 4.60. The van der Waals surface area contributed by atoms with E-state index in [1.807, 2.05) is 18.0 Å². The zero-order valence-electron chi connectivity index (χ0n) is 15.4. The molecule has 0 spiro atoms. The third kappa shape index (κ3) is 6.23. The Labute approximate surface area is 169 Å². The second-order valence-corrected chi connectivity index (χ2v) is 7.66. The first-order valence-electron chi connectivity index (χ1n) is 9.00. The lowest BCUT2D eigenvalue weighted by Gasteiger charge is -2.20. The van der Waals surface area contributed by atoms with Crippen LogP contribution in [0.5, 0.6) is 0 Å². The summed E-state index contributed by atoms with van der Waals surface area (Å²) in [5, 5.41) is 10.6. The highest BCUT2D eigenvalue weighted by molar-refractivity contribution is 7.99. The Morgan fingerprint density at radius 1 is 1.30 bits per heavy atom. The van der Waals surface area contributed by atoms with Crippen LogP contribution < -0.4 is 5.32 Å². The molecule has 5 nitrogen and oxygen atoms in total. The van der Waals surface area contributed by atoms with E-state index in [-0.39, 0.29) is 30.2 Å². The fraction of sp³-hybridized carbons (Fsp3) is 0.474. The maximum Gasteiger partial charge on any atom is 0.240 e. The van der Waals surface area contributed by atoms with Gasteiger partial charge in [0.1, 0.15) is 5.82 Å². The van der Waals surface area contributed by atoms with Crippen molar-refractivity contribution in [3.05, 3.63) is 41.8 Å². The van der Waals surface area contributed by atoms with Crippen LogP contribution in [0, 0.1) is 5.82 Å². The molecule has 0 saturated carbocycles. The van der Waals surface area contributed by atoms with Crippen molar-refractivity contribution in [3.63, 3.8) is 0 Å². The minimum atomic E-state index is -0.240. The summed E-state index contributed by atoms with van der Waals surface area (Å²) < 4.78 is 13.0. The molecular formula is C19H26ClFN4OS. The van der Waals surface area contributed by atoms with E-state index in [0.717, 1.165) is 60.8 Å². The molecule has 1 amide bonds. The highest BCUT2D eigenvalue weighted by atomic mass is 35.5. The van der Waals surface area contributed by atoms with Gasteiger partial charge in [-0.2, -0.15) is 5.10 Å². The SMILES string of the molecule is CN(CCCCCc1cc(-c2ccc(F)cc2)n[nH]1)C(=O)C1CSCN1.Cl. The number of rotatable bonds is 8. The van der Waals surface area contributed by atoms with Gasteiger partial charge in [-0.3, -0.25) is 15.2 Å². The molecule has 0 bridgehead atoms. The normalized spacial score (nSPS) is 16.1. The van der Waals surface area contributed by atoms with E-state index in [4.69, 9.17) is 0 Å². The number of H-pyrrole nitrogens is 1. The lowest BCUT2D eigenvalue weighted by Crippen LogP contribution is -2.43. The number of nitrogens with one attached hydrogen (secondary N) is 2. The average molecular weight is 413 g/mol. The Balaban J connectivity index is 0.00000261. The van der Waals surface area contributed by atoms with E-state index in [1.54, 1.807) is 23.9 Å². The maximum absolute atomic E-state index is 13.0. The van der Waals surface area contributed by atoms with Gasteiger partial charge in [0, 0.05) is 36.5 Å². The predicted molar refractivity (Wildman–Crippen MR) is 111 cm³/mol. The number of hydrogen-bond donors (Lipinski definition) is 2. The van der Waals surface area contributed by atoms with Crippen LogP contribution >= 0.6 is 24.2 Å². The summed E-state index contributed by atoms with van der Waals surface area (Å²) >= 11 is 1.77. The molecule has 1 aromatic carbocycles. The number of benzene rings is 1. The smallest absolute Gasteiger partial charge is 0.240 e. The van der Waals surface area contributed by atoms with Crippen molar-refractivity contribution in [2.24, 2.45) is 0 Å². The van der Waals surface area contributed by atoms with E-state index in [1.165, 1.54) is 12.1 Å². The number of nitrogens with zero attached hydrogens (tertiary/aromatic N) is 2. The van der Waals surface area contributed by atoms with E-state index < -0.39 is 0 Å². The largest absolute Gasteiger partial charge is 0.344 e. The number of carbonyl (C=O) groups is 1. The van der Waals surface area contributed by atoms with Gasteiger partial charge in [-0.05, 0) is 49.6 Å². The minimum absolute atomic E-state index is 0. The van der Waals surface area contributed by atoms with Crippen molar-refractivity contribution in [2.75, 3.05) is 25.2 Å². The second kappa shape index (κ2) is 10.7. The molecule has 1 unspecified atom stereocenters. The predicted octanol–water partition coefficient (Wildman–Crippen LogP) is 3.47. The fourth-order valence-electron chi connectivity index (χ4n) is 3.03. The molecule has 1 aliphatic heterocycles. The molecule has 3 rings (SSSR count). The Hall–Kier alpha value is -1.57. The molecule has 0 aliphatic carbocycles. The standard InChI is InChI=1S/C19H25FN4OS.ClH/c1-24(19(25)18-12-26-13-21-18)10-4-2-3-5-16-11-17(23-22-16)14-6-8-15(20)9-7-14;/h6-9,11,18,21H,2-5,10,12-13H2,1H3,(H,22,23);1H. The van der Waals surface area contributed by atoms with Crippen LogP contribution in [0.25, 0.3) is 11.3 Å². The molecule has 1 saturated heterocycles. The topological polar surface area (TPSA) is 61.0 Å². The van der Waals surface area contributed by atoms with Gasteiger partial charge >= 0.3 is 0 Å². The molecule has 0 radical (unpaired) electrons. The Morgan fingerprint density at radius 3 is 2.78 bits per heavy atom. The number of aryl methyl sites for hydroxylation is 1. The first-order chi connectivity index (χ1) is 12.6. The first kappa shape index (κ1) is 21.7. The van der Waals surface area contributed by atoms with Crippen LogP contribution in [0.15, 0.2) is 30.3 Å². The summed E-state index contributed by atoms with van der Waals surface area (Å²) in [5.74, 6) is 1.70. The summed E-state index contributed by atoms with van der Waals surface area (Å²) in [6.45, 7) is 0.797. The van der Waals surface area contributed by atoms with Crippen molar-refractivity contribution in [1.29, 1.82) is 0 Å². The molecule has 2 aromatic rings. The maximum atomic E-state index is 13.0. The molecule has 27 heavy (non-hydrogen) atoms.